The fourth-order valence-electron chi connectivity index (χ4n) is 3.85. The van der Waals surface area contributed by atoms with Gasteiger partial charge < -0.3 is 17.3 Å². The summed E-state index contributed by atoms with van der Waals surface area (Å²) in [5.74, 6) is 1.43. The fourth-order valence-corrected chi connectivity index (χ4v) is 3.85. The number of halogens is 1. The summed E-state index contributed by atoms with van der Waals surface area (Å²) in [7, 11) is 0. The molecule has 0 fully saturated rings. The van der Waals surface area contributed by atoms with Crippen molar-refractivity contribution in [1.82, 2.24) is 4.90 Å². The summed E-state index contributed by atoms with van der Waals surface area (Å²) in [6.45, 7) is 21.0. The first kappa shape index (κ1) is 28.9. The lowest BCUT2D eigenvalue weighted by molar-refractivity contribution is -0.848. The maximum Gasteiger partial charge on any atom is 0.300 e. The van der Waals surface area contributed by atoms with Crippen LogP contribution in [0.15, 0.2) is 4.99 Å². The van der Waals surface area contributed by atoms with E-state index in [0.29, 0.717) is 0 Å². The molecule has 0 aliphatic carbocycles. The van der Waals surface area contributed by atoms with Gasteiger partial charge in [0, 0.05) is 19.6 Å². The van der Waals surface area contributed by atoms with E-state index >= 15 is 0 Å². The van der Waals surface area contributed by atoms with Gasteiger partial charge in [0.1, 0.15) is 0 Å². The van der Waals surface area contributed by atoms with Gasteiger partial charge in [-0.1, -0.05) is 67.2 Å². The average molecular weight is 404 g/mol. The summed E-state index contributed by atoms with van der Waals surface area (Å²) in [5.41, 5.74) is 0. The molecule has 3 nitrogen and oxygen atoms in total. The first-order valence-corrected chi connectivity index (χ1v) is 11.8. The normalized spacial score (nSPS) is 12.1. The average Bonchev–Trinajstić information content (AvgIpc) is 2.64. The third kappa shape index (κ3) is 11.3. The summed E-state index contributed by atoms with van der Waals surface area (Å²) in [6.07, 6.45) is 12.6. The van der Waals surface area contributed by atoms with Crippen LogP contribution in [0.2, 0.25) is 0 Å². The summed E-state index contributed by atoms with van der Waals surface area (Å²) >= 11 is 0. The van der Waals surface area contributed by atoms with Gasteiger partial charge in [-0.2, -0.15) is 0 Å². The van der Waals surface area contributed by atoms with Crippen molar-refractivity contribution in [2.45, 2.75) is 106 Å². The zero-order valence-corrected chi connectivity index (χ0v) is 20.3. The lowest BCUT2D eigenvalue weighted by atomic mass is 10.2. The summed E-state index contributed by atoms with van der Waals surface area (Å²) < 4.78 is 1.12. The van der Waals surface area contributed by atoms with Crippen molar-refractivity contribution in [3.8, 4) is 0 Å². The Morgan fingerprint density at radius 1 is 0.630 bits per heavy atom. The number of hydrogen-bond acceptors (Lipinski definition) is 1. The smallest absolute Gasteiger partial charge is 0.300 e. The molecule has 0 rings (SSSR count). The van der Waals surface area contributed by atoms with Crippen LogP contribution in [0.1, 0.15) is 106 Å². The van der Waals surface area contributed by atoms with Crippen LogP contribution in [0.5, 0.6) is 0 Å². The van der Waals surface area contributed by atoms with E-state index in [1.165, 1.54) is 103 Å². The summed E-state index contributed by atoms with van der Waals surface area (Å²) in [4.78, 5) is 7.98. The van der Waals surface area contributed by atoms with E-state index in [-0.39, 0.29) is 12.4 Å². The Morgan fingerprint density at radius 3 is 1.52 bits per heavy atom. The highest BCUT2D eigenvalue weighted by atomic mass is 35.5. The van der Waals surface area contributed by atoms with Crippen molar-refractivity contribution < 1.29 is 16.9 Å². The highest BCUT2D eigenvalue weighted by Gasteiger charge is 2.36. The lowest BCUT2D eigenvalue weighted by Gasteiger charge is -2.42. The SMILES string of the molecule is CCCCN=C(N(CCCC)CCCC)[N+](CCC)(CCC)CCCC.[Cl-]. The topological polar surface area (TPSA) is 15.6 Å². The molecule has 0 aromatic carbocycles. The molecule has 0 N–H and O–H groups in total. The molecule has 0 bridgehead atoms. The van der Waals surface area contributed by atoms with Gasteiger partial charge in [0.25, 0.3) is 5.96 Å². The molecule has 0 aromatic heterocycles. The van der Waals surface area contributed by atoms with Gasteiger partial charge in [-0.3, -0.25) is 4.48 Å². The second-order valence-corrected chi connectivity index (χ2v) is 7.90. The van der Waals surface area contributed by atoms with E-state index in [9.17, 15) is 0 Å². The molecular weight excluding hydrogens is 354 g/mol. The molecule has 0 heterocycles. The molecule has 0 radical (unpaired) electrons. The Balaban J connectivity index is 0. The second kappa shape index (κ2) is 19.1. The van der Waals surface area contributed by atoms with Crippen LogP contribution < -0.4 is 12.4 Å². The highest BCUT2D eigenvalue weighted by Crippen LogP contribution is 2.19. The van der Waals surface area contributed by atoms with Crippen LogP contribution in [-0.4, -0.2) is 54.6 Å². The van der Waals surface area contributed by atoms with E-state index in [4.69, 9.17) is 4.99 Å². The maximum absolute atomic E-state index is 5.30. The predicted octanol–water partition coefficient (Wildman–Crippen LogP) is 3.49. The van der Waals surface area contributed by atoms with Crippen LogP contribution in [0.25, 0.3) is 0 Å². The largest absolute Gasteiger partial charge is 1.00 e. The number of nitrogens with zero attached hydrogens (tertiary/aromatic N) is 3. The number of rotatable bonds is 16. The van der Waals surface area contributed by atoms with Crippen LogP contribution in [0, 0.1) is 0 Å². The molecule has 0 aliphatic rings. The number of guanidine groups is 1. The quantitative estimate of drug-likeness (QED) is 0.167. The summed E-state index contributed by atoms with van der Waals surface area (Å²) in [5, 5.41) is 0. The van der Waals surface area contributed by atoms with Gasteiger partial charge in [0.15, 0.2) is 0 Å². The van der Waals surface area contributed by atoms with Crippen molar-refractivity contribution in [2.75, 3.05) is 39.3 Å². The number of unbranched alkanes of at least 4 members (excludes halogenated alkanes) is 4. The van der Waals surface area contributed by atoms with E-state index in [1.54, 1.807) is 0 Å². The van der Waals surface area contributed by atoms with Crippen LogP contribution >= 0.6 is 0 Å². The zero-order chi connectivity index (χ0) is 19.7. The Morgan fingerprint density at radius 2 is 1.11 bits per heavy atom. The maximum atomic E-state index is 5.30. The Hall–Kier alpha value is -0.280. The molecule has 0 aromatic rings. The highest BCUT2D eigenvalue weighted by molar-refractivity contribution is 5.73. The summed E-state index contributed by atoms with van der Waals surface area (Å²) in [6, 6.07) is 0. The van der Waals surface area contributed by atoms with Crippen LogP contribution in [-0.2, 0) is 0 Å². The third-order valence-electron chi connectivity index (χ3n) is 5.28. The van der Waals surface area contributed by atoms with Crippen molar-refractivity contribution in [1.29, 1.82) is 0 Å². The van der Waals surface area contributed by atoms with Crippen LogP contribution in [0.4, 0.5) is 0 Å². The van der Waals surface area contributed by atoms with Gasteiger partial charge in [-0.05, 0) is 38.5 Å². The van der Waals surface area contributed by atoms with Gasteiger partial charge in [0.05, 0.1) is 19.6 Å². The minimum atomic E-state index is 0. The van der Waals surface area contributed by atoms with Gasteiger partial charge in [-0.25, -0.2) is 4.99 Å². The second-order valence-electron chi connectivity index (χ2n) is 7.90. The molecule has 27 heavy (non-hydrogen) atoms. The molecule has 164 valence electrons. The Labute approximate surface area is 178 Å². The molecule has 0 atom stereocenters. The minimum Gasteiger partial charge on any atom is -1.00 e. The number of hydrogen-bond donors (Lipinski definition) is 0. The van der Waals surface area contributed by atoms with Crippen molar-refractivity contribution in [2.24, 2.45) is 4.99 Å². The minimum absolute atomic E-state index is 0. The first-order valence-electron chi connectivity index (χ1n) is 11.8. The van der Waals surface area contributed by atoms with Crippen molar-refractivity contribution in [3.05, 3.63) is 0 Å². The molecule has 0 unspecified atom stereocenters. The first-order chi connectivity index (χ1) is 12.7. The van der Waals surface area contributed by atoms with E-state index in [2.05, 4.69) is 46.4 Å². The van der Waals surface area contributed by atoms with Gasteiger partial charge in [-0.15, -0.1) is 0 Å². The third-order valence-corrected chi connectivity index (χ3v) is 5.28. The predicted molar refractivity (Wildman–Crippen MR) is 119 cm³/mol. The molecule has 0 aliphatic heterocycles. The molecular formula is C23H50ClN3. The standard InChI is InChI=1S/C23H50N3.ClH/c1-7-13-17-24-23(25(18-14-8-2)19-15-9-3)26(20-11-5,21-12-6)22-16-10-4;/h7-22H2,1-6H3;1H/q+1;/p-1. The van der Waals surface area contributed by atoms with Crippen molar-refractivity contribution >= 4 is 5.96 Å². The molecule has 0 saturated carbocycles. The molecule has 0 saturated heterocycles. The van der Waals surface area contributed by atoms with E-state index in [1.807, 2.05) is 0 Å². The monoisotopic (exact) mass is 403 g/mol. The molecule has 4 heteroatoms. The number of aliphatic imine (C=N–C) groups is 1. The van der Waals surface area contributed by atoms with E-state index in [0.717, 1.165) is 11.0 Å². The Bertz CT molecular complexity index is 331. The van der Waals surface area contributed by atoms with Crippen LogP contribution in [0.3, 0.4) is 0 Å². The molecule has 0 spiro atoms. The fraction of sp³-hybridized carbons (Fsp3) is 0.957. The van der Waals surface area contributed by atoms with Crippen molar-refractivity contribution in [3.63, 3.8) is 0 Å². The van der Waals surface area contributed by atoms with Gasteiger partial charge >= 0.3 is 0 Å². The van der Waals surface area contributed by atoms with E-state index < -0.39 is 0 Å². The number of quaternary nitrogens is 1. The zero-order valence-electron chi connectivity index (χ0n) is 19.5. The molecule has 0 amide bonds. The Kier molecular flexibility index (Phi) is 20.4. The van der Waals surface area contributed by atoms with Gasteiger partial charge in [0.2, 0.25) is 0 Å². The lowest BCUT2D eigenvalue weighted by Crippen LogP contribution is -3.00.